The summed E-state index contributed by atoms with van der Waals surface area (Å²) in [7, 11) is 1.25. The molecule has 1 heterocycles. The standard InChI is InChI=1S/C22H19N3O4S/c1-29-20(26)14-24-21(27)15-5-9-17(10-6-15)25-22(28)16-7-11-18(12-8-16)30-19-4-2-3-13-23-19/h2-13H,14H2,1H3,(H,24,27)(H,25,28). The molecule has 8 heteroatoms. The van der Waals surface area contributed by atoms with Gasteiger partial charge in [0.25, 0.3) is 11.8 Å². The quantitative estimate of drug-likeness (QED) is 0.568. The lowest BCUT2D eigenvalue weighted by Crippen LogP contribution is -2.30. The largest absolute Gasteiger partial charge is 0.468 e. The van der Waals surface area contributed by atoms with E-state index in [0.717, 1.165) is 9.92 Å². The van der Waals surface area contributed by atoms with E-state index < -0.39 is 11.9 Å². The molecule has 2 N–H and O–H groups in total. The fraction of sp³-hybridized carbons (Fsp3) is 0.0909. The number of anilines is 1. The molecule has 0 aliphatic heterocycles. The third-order valence-corrected chi connectivity index (χ3v) is 4.96. The zero-order valence-corrected chi connectivity index (χ0v) is 16.9. The van der Waals surface area contributed by atoms with E-state index in [1.807, 2.05) is 30.3 Å². The van der Waals surface area contributed by atoms with Gasteiger partial charge in [0.15, 0.2) is 0 Å². The van der Waals surface area contributed by atoms with Crippen LogP contribution in [-0.2, 0) is 9.53 Å². The van der Waals surface area contributed by atoms with Crippen LogP contribution in [0.3, 0.4) is 0 Å². The van der Waals surface area contributed by atoms with Gasteiger partial charge >= 0.3 is 5.97 Å². The molecule has 0 radical (unpaired) electrons. The molecule has 3 aromatic rings. The molecule has 7 nitrogen and oxygen atoms in total. The van der Waals surface area contributed by atoms with Gasteiger partial charge in [-0.15, -0.1) is 0 Å². The number of pyridine rings is 1. The lowest BCUT2D eigenvalue weighted by molar-refractivity contribution is -0.139. The van der Waals surface area contributed by atoms with Crippen LogP contribution in [0.25, 0.3) is 0 Å². The second-order valence-electron chi connectivity index (χ2n) is 6.08. The molecule has 2 aromatic carbocycles. The number of ether oxygens (including phenoxy) is 1. The third kappa shape index (κ3) is 5.92. The Bertz CT molecular complexity index is 1020. The maximum absolute atomic E-state index is 12.5. The molecular weight excluding hydrogens is 402 g/mol. The van der Waals surface area contributed by atoms with Crippen LogP contribution < -0.4 is 10.6 Å². The fourth-order valence-corrected chi connectivity index (χ4v) is 3.21. The number of carbonyl (C=O) groups is 3. The van der Waals surface area contributed by atoms with Gasteiger partial charge in [-0.2, -0.15) is 0 Å². The van der Waals surface area contributed by atoms with Gasteiger partial charge in [0.05, 0.1) is 7.11 Å². The SMILES string of the molecule is COC(=O)CNC(=O)c1ccc(NC(=O)c2ccc(Sc3ccccn3)cc2)cc1. The number of nitrogens with one attached hydrogen (secondary N) is 2. The summed E-state index contributed by atoms with van der Waals surface area (Å²) in [5, 5.41) is 6.12. The number of amides is 2. The summed E-state index contributed by atoms with van der Waals surface area (Å²) >= 11 is 1.51. The van der Waals surface area contributed by atoms with Crippen LogP contribution in [0.2, 0.25) is 0 Å². The molecule has 30 heavy (non-hydrogen) atoms. The molecule has 0 unspecified atom stereocenters. The summed E-state index contributed by atoms with van der Waals surface area (Å²) < 4.78 is 4.47. The maximum atomic E-state index is 12.5. The minimum atomic E-state index is -0.531. The van der Waals surface area contributed by atoms with Crippen molar-refractivity contribution in [3.8, 4) is 0 Å². The van der Waals surface area contributed by atoms with Crippen molar-refractivity contribution in [1.29, 1.82) is 0 Å². The Kier molecular flexibility index (Phi) is 7.18. The summed E-state index contributed by atoms with van der Waals surface area (Å²) in [6.07, 6.45) is 1.73. The first-order valence-corrected chi connectivity index (χ1v) is 9.82. The highest BCUT2D eigenvalue weighted by Gasteiger charge is 2.10. The number of benzene rings is 2. The van der Waals surface area contributed by atoms with Crippen molar-refractivity contribution < 1.29 is 19.1 Å². The average Bonchev–Trinajstić information content (AvgIpc) is 2.79. The van der Waals surface area contributed by atoms with Gasteiger partial charge in [0, 0.05) is 27.9 Å². The number of hydrogen-bond acceptors (Lipinski definition) is 6. The Balaban J connectivity index is 1.56. The van der Waals surface area contributed by atoms with Crippen LogP contribution >= 0.6 is 11.8 Å². The lowest BCUT2D eigenvalue weighted by Gasteiger charge is -2.08. The molecule has 0 fully saturated rings. The molecule has 0 aliphatic rings. The van der Waals surface area contributed by atoms with E-state index in [0.29, 0.717) is 16.8 Å². The van der Waals surface area contributed by atoms with Crippen LogP contribution in [0.5, 0.6) is 0 Å². The summed E-state index contributed by atoms with van der Waals surface area (Å²) in [4.78, 5) is 40.7. The van der Waals surface area contributed by atoms with Crippen molar-refractivity contribution in [1.82, 2.24) is 10.3 Å². The summed E-state index contributed by atoms with van der Waals surface area (Å²) in [6, 6.07) is 19.3. The number of nitrogens with zero attached hydrogens (tertiary/aromatic N) is 1. The molecule has 3 rings (SSSR count). The monoisotopic (exact) mass is 421 g/mol. The highest BCUT2D eigenvalue weighted by atomic mass is 32.2. The molecule has 0 aliphatic carbocycles. The van der Waals surface area contributed by atoms with Crippen LogP contribution in [-0.4, -0.2) is 36.4 Å². The van der Waals surface area contributed by atoms with Gasteiger partial charge in [-0.3, -0.25) is 14.4 Å². The predicted molar refractivity (Wildman–Crippen MR) is 114 cm³/mol. The summed E-state index contributed by atoms with van der Waals surface area (Å²) in [5.41, 5.74) is 1.43. The first-order valence-electron chi connectivity index (χ1n) is 9.00. The van der Waals surface area contributed by atoms with Gasteiger partial charge in [-0.05, 0) is 60.7 Å². The van der Waals surface area contributed by atoms with Gasteiger partial charge in [0.1, 0.15) is 11.6 Å². The number of aromatic nitrogens is 1. The zero-order chi connectivity index (χ0) is 21.3. The van der Waals surface area contributed by atoms with E-state index in [4.69, 9.17) is 0 Å². The van der Waals surface area contributed by atoms with Crippen LogP contribution in [0.15, 0.2) is 82.8 Å². The third-order valence-electron chi connectivity index (χ3n) is 4.00. The van der Waals surface area contributed by atoms with Crippen LogP contribution in [0.4, 0.5) is 5.69 Å². The smallest absolute Gasteiger partial charge is 0.325 e. The molecule has 152 valence electrons. The van der Waals surface area contributed by atoms with Crippen molar-refractivity contribution in [2.45, 2.75) is 9.92 Å². The minimum Gasteiger partial charge on any atom is -0.468 e. The molecule has 1 aromatic heterocycles. The summed E-state index contributed by atoms with van der Waals surface area (Å²) in [6.45, 7) is -0.206. The molecule has 2 amide bonds. The molecule has 0 saturated carbocycles. The van der Waals surface area contributed by atoms with Crippen LogP contribution in [0, 0.1) is 0 Å². The number of carbonyl (C=O) groups excluding carboxylic acids is 3. The van der Waals surface area contributed by atoms with Gasteiger partial charge in [-0.1, -0.05) is 17.8 Å². The van der Waals surface area contributed by atoms with Crippen molar-refractivity contribution in [3.63, 3.8) is 0 Å². The van der Waals surface area contributed by atoms with E-state index in [9.17, 15) is 14.4 Å². The molecule has 0 bridgehead atoms. The first-order chi connectivity index (χ1) is 14.5. The topological polar surface area (TPSA) is 97.4 Å². The Morgan fingerprint density at radius 3 is 2.20 bits per heavy atom. The van der Waals surface area contributed by atoms with Crippen molar-refractivity contribution in [2.75, 3.05) is 19.0 Å². The van der Waals surface area contributed by atoms with Gasteiger partial charge in [-0.25, -0.2) is 4.98 Å². The molecule has 0 atom stereocenters. The number of rotatable bonds is 7. The highest BCUT2D eigenvalue weighted by molar-refractivity contribution is 7.99. The normalized spacial score (nSPS) is 10.2. The second kappa shape index (κ2) is 10.2. The zero-order valence-electron chi connectivity index (χ0n) is 16.1. The van der Waals surface area contributed by atoms with E-state index in [-0.39, 0.29) is 12.5 Å². The highest BCUT2D eigenvalue weighted by Crippen LogP contribution is 2.25. The number of methoxy groups -OCH3 is 1. The summed E-state index contributed by atoms with van der Waals surface area (Å²) in [5.74, 6) is -1.19. The first kappa shape index (κ1) is 21.1. The van der Waals surface area contributed by atoms with Gasteiger partial charge < -0.3 is 15.4 Å². The Morgan fingerprint density at radius 1 is 0.900 bits per heavy atom. The van der Waals surface area contributed by atoms with E-state index in [1.165, 1.54) is 18.9 Å². The average molecular weight is 421 g/mol. The maximum Gasteiger partial charge on any atom is 0.325 e. The molecular formula is C22H19N3O4S. The fourth-order valence-electron chi connectivity index (χ4n) is 2.44. The number of esters is 1. The molecule has 0 spiro atoms. The molecule has 0 saturated heterocycles. The Hall–Kier alpha value is -3.65. The van der Waals surface area contributed by atoms with E-state index in [1.54, 1.807) is 42.6 Å². The van der Waals surface area contributed by atoms with E-state index >= 15 is 0 Å². The van der Waals surface area contributed by atoms with Crippen LogP contribution in [0.1, 0.15) is 20.7 Å². The Morgan fingerprint density at radius 2 is 1.57 bits per heavy atom. The van der Waals surface area contributed by atoms with Gasteiger partial charge in [0.2, 0.25) is 0 Å². The van der Waals surface area contributed by atoms with Crippen molar-refractivity contribution in [3.05, 3.63) is 84.1 Å². The predicted octanol–water partition coefficient (Wildman–Crippen LogP) is 3.39. The number of hydrogen-bond donors (Lipinski definition) is 2. The van der Waals surface area contributed by atoms with Crippen molar-refractivity contribution in [2.24, 2.45) is 0 Å². The van der Waals surface area contributed by atoms with E-state index in [2.05, 4.69) is 20.4 Å². The lowest BCUT2D eigenvalue weighted by atomic mass is 10.1. The Labute approximate surface area is 177 Å². The second-order valence-corrected chi connectivity index (χ2v) is 7.18. The minimum absolute atomic E-state index is 0.206. The van der Waals surface area contributed by atoms with Crippen molar-refractivity contribution >= 4 is 35.2 Å².